The Morgan fingerprint density at radius 1 is 1.29 bits per heavy atom. The summed E-state index contributed by atoms with van der Waals surface area (Å²) in [6.07, 6.45) is 2.94. The molecule has 1 aliphatic rings. The Hall–Kier alpha value is -2.68. The van der Waals surface area contributed by atoms with Crippen molar-refractivity contribution in [3.8, 4) is 6.07 Å². The summed E-state index contributed by atoms with van der Waals surface area (Å²) in [7, 11) is 0. The van der Waals surface area contributed by atoms with E-state index in [1.54, 1.807) is 0 Å². The van der Waals surface area contributed by atoms with Gasteiger partial charge in [-0.05, 0) is 50.3 Å². The van der Waals surface area contributed by atoms with Crippen molar-refractivity contribution in [2.45, 2.75) is 27.2 Å². The highest BCUT2D eigenvalue weighted by atomic mass is 15.3. The van der Waals surface area contributed by atoms with Gasteiger partial charge in [0, 0.05) is 25.8 Å². The maximum atomic E-state index is 9.46. The Balaban J connectivity index is 1.64. The van der Waals surface area contributed by atoms with Crippen LogP contribution in [0.3, 0.4) is 0 Å². The van der Waals surface area contributed by atoms with Gasteiger partial charge < -0.3 is 10.2 Å². The number of hydrogen-bond acceptors (Lipinski definition) is 6. The van der Waals surface area contributed by atoms with Crippen molar-refractivity contribution in [3.63, 3.8) is 0 Å². The summed E-state index contributed by atoms with van der Waals surface area (Å²) >= 11 is 0. The van der Waals surface area contributed by atoms with Gasteiger partial charge in [-0.15, -0.1) is 5.10 Å². The Bertz CT molecular complexity index is 762. The summed E-state index contributed by atoms with van der Waals surface area (Å²) in [6, 6.07) is 6.35. The van der Waals surface area contributed by atoms with E-state index < -0.39 is 0 Å². The molecule has 124 valence electrons. The van der Waals surface area contributed by atoms with Gasteiger partial charge in [-0.1, -0.05) is 6.07 Å². The first-order valence-corrected chi connectivity index (χ1v) is 8.24. The lowest BCUT2D eigenvalue weighted by atomic mass is 10.1. The van der Waals surface area contributed by atoms with Crippen LogP contribution in [0.5, 0.6) is 0 Å². The average molecular weight is 322 g/mol. The molecule has 3 rings (SSSR count). The Kier molecular flexibility index (Phi) is 4.61. The molecule has 3 heterocycles. The topological polar surface area (TPSA) is 77.7 Å². The van der Waals surface area contributed by atoms with Crippen LogP contribution in [0.25, 0.3) is 0 Å². The van der Waals surface area contributed by atoms with Gasteiger partial charge in [0.15, 0.2) is 5.82 Å². The minimum absolute atomic E-state index is 0.503. The first-order chi connectivity index (χ1) is 11.6. The van der Waals surface area contributed by atoms with Crippen molar-refractivity contribution in [1.82, 2.24) is 15.2 Å². The van der Waals surface area contributed by atoms with Crippen LogP contribution in [0.1, 0.15) is 28.8 Å². The molecule has 0 unspecified atom stereocenters. The first-order valence-electron chi connectivity index (χ1n) is 8.24. The lowest BCUT2D eigenvalue weighted by Gasteiger charge is -2.19. The number of nitriles is 1. The van der Waals surface area contributed by atoms with E-state index in [9.17, 15) is 5.26 Å². The fourth-order valence-corrected chi connectivity index (χ4v) is 2.96. The van der Waals surface area contributed by atoms with E-state index in [-0.39, 0.29) is 0 Å². The molecular formula is C18H22N6. The number of rotatable bonds is 4. The molecule has 2 aromatic heterocycles. The second-order valence-corrected chi connectivity index (χ2v) is 6.42. The maximum absolute atomic E-state index is 9.46. The first kappa shape index (κ1) is 16.2. The molecule has 0 aromatic carbocycles. The fraction of sp³-hybridized carbons (Fsp3) is 0.444. The van der Waals surface area contributed by atoms with Crippen molar-refractivity contribution < 1.29 is 0 Å². The Morgan fingerprint density at radius 3 is 2.83 bits per heavy atom. The van der Waals surface area contributed by atoms with Gasteiger partial charge in [0.2, 0.25) is 0 Å². The van der Waals surface area contributed by atoms with Crippen LogP contribution in [-0.4, -0.2) is 34.8 Å². The molecule has 1 saturated heterocycles. The summed E-state index contributed by atoms with van der Waals surface area (Å²) in [5.41, 5.74) is 3.55. The molecule has 1 atom stereocenters. The zero-order valence-corrected chi connectivity index (χ0v) is 14.4. The summed E-state index contributed by atoms with van der Waals surface area (Å²) in [6.45, 7) is 8.50. The van der Waals surface area contributed by atoms with Crippen LogP contribution in [-0.2, 0) is 0 Å². The molecule has 6 nitrogen and oxygen atoms in total. The molecule has 0 bridgehead atoms. The number of anilines is 2. The van der Waals surface area contributed by atoms with Gasteiger partial charge in [-0.2, -0.15) is 10.4 Å². The van der Waals surface area contributed by atoms with Crippen LogP contribution < -0.4 is 10.2 Å². The number of nitrogens with one attached hydrogen (secondary N) is 1. The van der Waals surface area contributed by atoms with Crippen LogP contribution in [0.4, 0.5) is 11.6 Å². The van der Waals surface area contributed by atoms with E-state index >= 15 is 0 Å². The second-order valence-electron chi connectivity index (χ2n) is 6.42. The lowest BCUT2D eigenvalue weighted by Crippen LogP contribution is -2.25. The van der Waals surface area contributed by atoms with Crippen molar-refractivity contribution in [2.24, 2.45) is 5.92 Å². The van der Waals surface area contributed by atoms with E-state index in [0.29, 0.717) is 11.5 Å². The van der Waals surface area contributed by atoms with Gasteiger partial charge in [-0.3, -0.25) is 0 Å². The normalized spacial score (nSPS) is 16.9. The molecule has 0 amide bonds. The molecule has 1 fully saturated rings. The van der Waals surface area contributed by atoms with Crippen LogP contribution >= 0.6 is 0 Å². The number of aromatic nitrogens is 3. The number of aryl methyl sites for hydroxylation is 2. The largest absolute Gasteiger partial charge is 0.370 e. The highest BCUT2D eigenvalue weighted by Gasteiger charge is 2.26. The zero-order chi connectivity index (χ0) is 17.1. The van der Waals surface area contributed by atoms with Crippen LogP contribution in [0.15, 0.2) is 18.3 Å². The number of nitrogens with zero attached hydrogens (tertiary/aromatic N) is 5. The maximum Gasteiger partial charge on any atom is 0.169 e. The SMILES string of the molecule is Cc1ccc(NC[C@@H]2CCN(c3nnc(C)c(C)c3C#N)C2)nc1. The molecule has 0 spiro atoms. The van der Waals surface area contributed by atoms with Gasteiger partial charge in [0.1, 0.15) is 17.5 Å². The third kappa shape index (κ3) is 3.30. The van der Waals surface area contributed by atoms with E-state index in [1.807, 2.05) is 33.0 Å². The summed E-state index contributed by atoms with van der Waals surface area (Å²) in [4.78, 5) is 6.55. The molecule has 0 aliphatic carbocycles. The third-order valence-corrected chi connectivity index (χ3v) is 4.62. The van der Waals surface area contributed by atoms with Crippen molar-refractivity contribution in [1.29, 1.82) is 5.26 Å². The molecule has 24 heavy (non-hydrogen) atoms. The molecule has 0 radical (unpaired) electrons. The van der Waals surface area contributed by atoms with E-state index in [2.05, 4.69) is 37.5 Å². The number of hydrogen-bond donors (Lipinski definition) is 1. The smallest absolute Gasteiger partial charge is 0.169 e. The highest BCUT2D eigenvalue weighted by molar-refractivity contribution is 5.58. The zero-order valence-electron chi connectivity index (χ0n) is 14.4. The molecule has 0 saturated carbocycles. The second kappa shape index (κ2) is 6.83. The van der Waals surface area contributed by atoms with Gasteiger partial charge in [-0.25, -0.2) is 4.98 Å². The molecular weight excluding hydrogens is 300 g/mol. The van der Waals surface area contributed by atoms with Gasteiger partial charge >= 0.3 is 0 Å². The van der Waals surface area contributed by atoms with Crippen molar-refractivity contribution >= 4 is 11.6 Å². The molecule has 1 aliphatic heterocycles. The monoisotopic (exact) mass is 322 g/mol. The fourth-order valence-electron chi connectivity index (χ4n) is 2.96. The summed E-state index contributed by atoms with van der Waals surface area (Å²) in [5.74, 6) is 2.13. The third-order valence-electron chi connectivity index (χ3n) is 4.62. The van der Waals surface area contributed by atoms with Crippen molar-refractivity contribution in [2.75, 3.05) is 29.9 Å². The lowest BCUT2D eigenvalue weighted by molar-refractivity contribution is 0.620. The Morgan fingerprint density at radius 2 is 2.12 bits per heavy atom. The summed E-state index contributed by atoms with van der Waals surface area (Å²) in [5, 5.41) is 21.3. The molecule has 1 N–H and O–H groups in total. The number of pyridine rings is 1. The predicted octanol–water partition coefficient (Wildman–Crippen LogP) is 2.61. The predicted molar refractivity (Wildman–Crippen MR) is 94.0 cm³/mol. The quantitative estimate of drug-likeness (QED) is 0.932. The van der Waals surface area contributed by atoms with Crippen LogP contribution in [0.2, 0.25) is 0 Å². The Labute approximate surface area is 142 Å². The molecule has 2 aromatic rings. The van der Waals surface area contributed by atoms with Crippen molar-refractivity contribution in [3.05, 3.63) is 40.7 Å². The van der Waals surface area contributed by atoms with E-state index in [0.717, 1.165) is 54.5 Å². The molecule has 6 heteroatoms. The average Bonchev–Trinajstić information content (AvgIpc) is 3.05. The van der Waals surface area contributed by atoms with E-state index in [4.69, 9.17) is 0 Å². The van der Waals surface area contributed by atoms with Gasteiger partial charge in [0.05, 0.1) is 5.69 Å². The van der Waals surface area contributed by atoms with Gasteiger partial charge in [0.25, 0.3) is 0 Å². The standard InChI is InChI=1S/C18H22N6/c1-12-4-5-17(20-9-12)21-10-15-6-7-24(11-15)18-16(8-19)13(2)14(3)22-23-18/h4-5,9,15H,6-7,10-11H2,1-3H3,(H,20,21)/t15-/m0/s1. The van der Waals surface area contributed by atoms with E-state index in [1.165, 1.54) is 0 Å². The summed E-state index contributed by atoms with van der Waals surface area (Å²) < 4.78 is 0. The highest BCUT2D eigenvalue weighted by Crippen LogP contribution is 2.27. The minimum Gasteiger partial charge on any atom is -0.370 e. The van der Waals surface area contributed by atoms with Crippen LogP contribution in [0, 0.1) is 38.0 Å². The minimum atomic E-state index is 0.503.